The standard InChI is InChI=1S/C14H19ClFNO/c1-2-9-3-4-17-13(5-9)14(18)10-6-11(15)8-12(16)7-10/h6-9,13-14,17-18H,2-5H2,1H3. The second-order valence-electron chi connectivity index (χ2n) is 5.01. The van der Waals surface area contributed by atoms with Gasteiger partial charge in [0.05, 0.1) is 6.10 Å². The molecule has 1 aromatic carbocycles. The van der Waals surface area contributed by atoms with E-state index in [4.69, 9.17) is 11.6 Å². The Balaban J connectivity index is 2.12. The van der Waals surface area contributed by atoms with Crippen LogP contribution in [0.5, 0.6) is 0 Å². The summed E-state index contributed by atoms with van der Waals surface area (Å²) >= 11 is 5.82. The highest BCUT2D eigenvalue weighted by Crippen LogP contribution is 2.29. The molecular formula is C14H19ClFNO. The number of aliphatic hydroxyl groups is 1. The first-order valence-corrected chi connectivity index (χ1v) is 6.85. The molecule has 0 aliphatic carbocycles. The molecular weight excluding hydrogens is 253 g/mol. The predicted molar refractivity (Wildman–Crippen MR) is 71.2 cm³/mol. The molecule has 18 heavy (non-hydrogen) atoms. The summed E-state index contributed by atoms with van der Waals surface area (Å²) in [6, 6.07) is 4.22. The molecule has 2 rings (SSSR count). The summed E-state index contributed by atoms with van der Waals surface area (Å²) in [5.41, 5.74) is 0.550. The van der Waals surface area contributed by atoms with Crippen molar-refractivity contribution in [3.05, 3.63) is 34.6 Å². The Bertz CT molecular complexity index is 393. The van der Waals surface area contributed by atoms with E-state index in [1.54, 1.807) is 6.07 Å². The molecule has 0 saturated carbocycles. The van der Waals surface area contributed by atoms with Crippen molar-refractivity contribution in [3.8, 4) is 0 Å². The van der Waals surface area contributed by atoms with Crippen LogP contribution in [0.2, 0.25) is 5.02 Å². The van der Waals surface area contributed by atoms with E-state index in [9.17, 15) is 9.50 Å². The number of benzene rings is 1. The van der Waals surface area contributed by atoms with Crippen molar-refractivity contribution < 1.29 is 9.50 Å². The third-order valence-electron chi connectivity index (χ3n) is 3.73. The Morgan fingerprint density at radius 2 is 2.28 bits per heavy atom. The predicted octanol–water partition coefficient (Wildman–Crippen LogP) is 3.29. The van der Waals surface area contributed by atoms with Gasteiger partial charge in [0.15, 0.2) is 0 Å². The summed E-state index contributed by atoms with van der Waals surface area (Å²) < 4.78 is 13.3. The maximum Gasteiger partial charge on any atom is 0.125 e. The molecule has 0 radical (unpaired) electrons. The van der Waals surface area contributed by atoms with E-state index in [1.165, 1.54) is 12.1 Å². The molecule has 0 bridgehead atoms. The molecule has 1 fully saturated rings. The fourth-order valence-electron chi connectivity index (χ4n) is 2.62. The van der Waals surface area contributed by atoms with Crippen LogP contribution in [0.1, 0.15) is 37.9 Å². The maximum absolute atomic E-state index is 13.3. The van der Waals surface area contributed by atoms with Crippen molar-refractivity contribution in [3.63, 3.8) is 0 Å². The van der Waals surface area contributed by atoms with E-state index in [2.05, 4.69) is 12.2 Å². The molecule has 1 heterocycles. The number of rotatable bonds is 3. The molecule has 100 valence electrons. The van der Waals surface area contributed by atoms with E-state index >= 15 is 0 Å². The first-order valence-electron chi connectivity index (χ1n) is 6.47. The van der Waals surface area contributed by atoms with E-state index < -0.39 is 11.9 Å². The zero-order chi connectivity index (χ0) is 13.1. The van der Waals surface area contributed by atoms with Gasteiger partial charge in [0.2, 0.25) is 0 Å². The van der Waals surface area contributed by atoms with Crippen LogP contribution in [-0.2, 0) is 0 Å². The largest absolute Gasteiger partial charge is 0.387 e. The third kappa shape index (κ3) is 3.22. The Labute approximate surface area is 112 Å². The summed E-state index contributed by atoms with van der Waals surface area (Å²) in [4.78, 5) is 0. The molecule has 2 nitrogen and oxygen atoms in total. The van der Waals surface area contributed by atoms with Crippen molar-refractivity contribution >= 4 is 11.6 Å². The Kier molecular flexibility index (Phi) is 4.60. The summed E-state index contributed by atoms with van der Waals surface area (Å²) in [5.74, 6) is 0.231. The molecule has 0 spiro atoms. The SMILES string of the molecule is CCC1CCNC(C(O)c2cc(F)cc(Cl)c2)C1. The summed E-state index contributed by atoms with van der Waals surface area (Å²) in [6.45, 7) is 3.07. The van der Waals surface area contributed by atoms with Crippen LogP contribution < -0.4 is 5.32 Å². The summed E-state index contributed by atoms with van der Waals surface area (Å²) in [7, 11) is 0. The van der Waals surface area contributed by atoms with Gasteiger partial charge in [-0.2, -0.15) is 0 Å². The molecule has 1 aliphatic rings. The van der Waals surface area contributed by atoms with Gasteiger partial charge in [0, 0.05) is 11.1 Å². The van der Waals surface area contributed by atoms with Crippen LogP contribution in [0.3, 0.4) is 0 Å². The minimum Gasteiger partial charge on any atom is -0.387 e. The average Bonchev–Trinajstić information content (AvgIpc) is 2.37. The normalized spacial score (nSPS) is 26.0. The molecule has 3 unspecified atom stereocenters. The number of hydrogen-bond donors (Lipinski definition) is 2. The maximum atomic E-state index is 13.3. The van der Waals surface area contributed by atoms with E-state index in [0.717, 1.165) is 25.8 Å². The van der Waals surface area contributed by atoms with Gasteiger partial charge < -0.3 is 10.4 Å². The van der Waals surface area contributed by atoms with Gasteiger partial charge in [0.1, 0.15) is 5.82 Å². The third-order valence-corrected chi connectivity index (χ3v) is 3.95. The number of piperidine rings is 1. The Hall–Kier alpha value is -0.640. The Morgan fingerprint density at radius 3 is 2.94 bits per heavy atom. The summed E-state index contributed by atoms with van der Waals surface area (Å²) in [6.07, 6.45) is 2.48. The van der Waals surface area contributed by atoms with Crippen molar-refractivity contribution in [2.24, 2.45) is 5.92 Å². The average molecular weight is 272 g/mol. The van der Waals surface area contributed by atoms with Gasteiger partial charge in [-0.05, 0) is 49.1 Å². The van der Waals surface area contributed by atoms with E-state index in [0.29, 0.717) is 16.5 Å². The number of halogens is 2. The minimum atomic E-state index is -0.701. The molecule has 1 aromatic rings. The Morgan fingerprint density at radius 1 is 1.50 bits per heavy atom. The summed E-state index contributed by atoms with van der Waals surface area (Å²) in [5, 5.41) is 14.0. The van der Waals surface area contributed by atoms with Crippen LogP contribution in [0.15, 0.2) is 18.2 Å². The second-order valence-corrected chi connectivity index (χ2v) is 5.44. The van der Waals surface area contributed by atoms with Crippen molar-refractivity contribution in [1.29, 1.82) is 0 Å². The van der Waals surface area contributed by atoms with Crippen LogP contribution in [-0.4, -0.2) is 17.7 Å². The highest BCUT2D eigenvalue weighted by Gasteiger charge is 2.27. The van der Waals surface area contributed by atoms with Gasteiger partial charge >= 0.3 is 0 Å². The molecule has 1 aliphatic heterocycles. The number of aliphatic hydroxyl groups excluding tert-OH is 1. The molecule has 2 N–H and O–H groups in total. The van der Waals surface area contributed by atoms with Gasteiger partial charge in [-0.3, -0.25) is 0 Å². The lowest BCUT2D eigenvalue weighted by Crippen LogP contribution is -2.42. The van der Waals surface area contributed by atoms with Crippen molar-refractivity contribution in [2.45, 2.75) is 38.3 Å². The number of nitrogens with one attached hydrogen (secondary N) is 1. The van der Waals surface area contributed by atoms with Crippen molar-refractivity contribution in [2.75, 3.05) is 6.54 Å². The van der Waals surface area contributed by atoms with Gasteiger partial charge in [-0.25, -0.2) is 4.39 Å². The molecule has 3 atom stereocenters. The first kappa shape index (κ1) is 13.8. The van der Waals surface area contributed by atoms with Crippen molar-refractivity contribution in [1.82, 2.24) is 5.32 Å². The molecule has 4 heteroatoms. The lowest BCUT2D eigenvalue weighted by Gasteiger charge is -2.33. The monoisotopic (exact) mass is 271 g/mol. The van der Waals surface area contributed by atoms with Crippen LogP contribution in [0.25, 0.3) is 0 Å². The first-order chi connectivity index (χ1) is 8.60. The quantitative estimate of drug-likeness (QED) is 0.884. The van der Waals surface area contributed by atoms with Crippen LogP contribution >= 0.6 is 11.6 Å². The second kappa shape index (κ2) is 6.00. The highest BCUT2D eigenvalue weighted by atomic mass is 35.5. The number of hydrogen-bond acceptors (Lipinski definition) is 2. The van der Waals surface area contributed by atoms with Gasteiger partial charge in [0.25, 0.3) is 0 Å². The van der Waals surface area contributed by atoms with Crippen LogP contribution in [0, 0.1) is 11.7 Å². The zero-order valence-electron chi connectivity index (χ0n) is 10.5. The smallest absolute Gasteiger partial charge is 0.125 e. The molecule has 1 saturated heterocycles. The zero-order valence-corrected chi connectivity index (χ0v) is 11.3. The lowest BCUT2D eigenvalue weighted by molar-refractivity contribution is 0.0976. The van der Waals surface area contributed by atoms with Crippen LogP contribution in [0.4, 0.5) is 4.39 Å². The molecule has 0 amide bonds. The topological polar surface area (TPSA) is 32.3 Å². The van der Waals surface area contributed by atoms with E-state index in [-0.39, 0.29) is 6.04 Å². The van der Waals surface area contributed by atoms with E-state index in [1.807, 2.05) is 0 Å². The van der Waals surface area contributed by atoms with Gasteiger partial charge in [-0.15, -0.1) is 0 Å². The fourth-order valence-corrected chi connectivity index (χ4v) is 2.85. The minimum absolute atomic E-state index is 0.0124. The van der Waals surface area contributed by atoms with Gasteiger partial charge in [-0.1, -0.05) is 24.9 Å². The highest BCUT2D eigenvalue weighted by molar-refractivity contribution is 6.30. The molecule has 0 aromatic heterocycles. The fraction of sp³-hybridized carbons (Fsp3) is 0.571. The lowest BCUT2D eigenvalue weighted by atomic mass is 9.86.